The Kier molecular flexibility index (Phi) is 2.79. The number of rotatable bonds is 2. The van der Waals surface area contributed by atoms with Crippen molar-refractivity contribution in [1.82, 2.24) is 4.98 Å². The number of aldehydes is 1. The fourth-order valence-electron chi connectivity index (χ4n) is 1.63. The van der Waals surface area contributed by atoms with E-state index in [4.69, 9.17) is 16.3 Å². The van der Waals surface area contributed by atoms with Crippen molar-refractivity contribution in [1.29, 1.82) is 0 Å². The molecule has 0 spiro atoms. The van der Waals surface area contributed by atoms with E-state index in [1.807, 2.05) is 12.1 Å². The molecule has 1 aliphatic heterocycles. The average Bonchev–Trinajstić information content (AvgIpc) is 2.65. The van der Waals surface area contributed by atoms with E-state index in [9.17, 15) is 4.79 Å². The number of carbonyl (C=O) groups is 1. The number of ether oxygens (including phenoxy) is 1. The minimum atomic E-state index is -0.216. The SMILES string of the molecule is O=CC1CCOC1c1cccc(Cl)n1. The molecule has 1 fully saturated rings. The van der Waals surface area contributed by atoms with Crippen molar-refractivity contribution >= 4 is 17.9 Å². The molecule has 0 amide bonds. The second-order valence-electron chi connectivity index (χ2n) is 3.27. The van der Waals surface area contributed by atoms with E-state index in [0.29, 0.717) is 11.8 Å². The summed E-state index contributed by atoms with van der Waals surface area (Å²) in [6, 6.07) is 5.35. The lowest BCUT2D eigenvalue weighted by molar-refractivity contribution is -0.112. The molecule has 0 radical (unpaired) electrons. The van der Waals surface area contributed by atoms with Crippen molar-refractivity contribution in [2.45, 2.75) is 12.5 Å². The fourth-order valence-corrected chi connectivity index (χ4v) is 1.80. The number of carbonyl (C=O) groups excluding carboxylic acids is 1. The second kappa shape index (κ2) is 4.07. The van der Waals surface area contributed by atoms with Crippen LogP contribution < -0.4 is 0 Å². The minimum Gasteiger partial charge on any atom is -0.371 e. The van der Waals surface area contributed by atoms with Gasteiger partial charge in [-0.05, 0) is 18.6 Å². The molecular weight excluding hydrogens is 202 g/mol. The lowest BCUT2D eigenvalue weighted by Gasteiger charge is -2.12. The molecule has 0 saturated carbocycles. The van der Waals surface area contributed by atoms with Gasteiger partial charge in [0.25, 0.3) is 0 Å². The number of hydrogen-bond acceptors (Lipinski definition) is 3. The van der Waals surface area contributed by atoms with Crippen LogP contribution in [0.15, 0.2) is 18.2 Å². The molecule has 1 aliphatic rings. The zero-order chi connectivity index (χ0) is 9.97. The third-order valence-corrected chi connectivity index (χ3v) is 2.55. The Morgan fingerprint density at radius 1 is 1.57 bits per heavy atom. The maximum absolute atomic E-state index is 10.7. The third kappa shape index (κ3) is 1.79. The number of halogens is 1. The Balaban J connectivity index is 2.25. The summed E-state index contributed by atoms with van der Waals surface area (Å²) in [5.74, 6) is -0.0824. The zero-order valence-electron chi connectivity index (χ0n) is 7.52. The van der Waals surface area contributed by atoms with Gasteiger partial charge in [0.05, 0.1) is 5.69 Å². The Morgan fingerprint density at radius 2 is 2.43 bits per heavy atom. The van der Waals surface area contributed by atoms with Gasteiger partial charge in [-0.3, -0.25) is 0 Å². The van der Waals surface area contributed by atoms with Crippen molar-refractivity contribution in [3.63, 3.8) is 0 Å². The highest BCUT2D eigenvalue weighted by molar-refractivity contribution is 6.29. The molecule has 1 aromatic heterocycles. The van der Waals surface area contributed by atoms with Gasteiger partial charge in [0, 0.05) is 12.5 Å². The average molecular weight is 212 g/mol. The normalized spacial score (nSPS) is 26.4. The molecule has 1 saturated heterocycles. The van der Waals surface area contributed by atoms with Crippen molar-refractivity contribution in [2.75, 3.05) is 6.61 Å². The zero-order valence-corrected chi connectivity index (χ0v) is 8.28. The molecule has 0 aromatic carbocycles. The van der Waals surface area contributed by atoms with Crippen LogP contribution in [0.4, 0.5) is 0 Å². The highest BCUT2D eigenvalue weighted by Crippen LogP contribution is 2.32. The van der Waals surface area contributed by atoms with E-state index in [0.717, 1.165) is 18.4 Å². The molecule has 4 heteroatoms. The van der Waals surface area contributed by atoms with Gasteiger partial charge < -0.3 is 9.53 Å². The van der Waals surface area contributed by atoms with Gasteiger partial charge in [-0.1, -0.05) is 17.7 Å². The number of nitrogens with zero attached hydrogens (tertiary/aromatic N) is 1. The highest BCUT2D eigenvalue weighted by Gasteiger charge is 2.30. The molecule has 0 bridgehead atoms. The van der Waals surface area contributed by atoms with E-state index in [1.54, 1.807) is 6.07 Å². The van der Waals surface area contributed by atoms with Gasteiger partial charge in [-0.15, -0.1) is 0 Å². The predicted octanol–water partition coefficient (Wildman–Crippen LogP) is 2.01. The quantitative estimate of drug-likeness (QED) is 0.555. The first-order valence-corrected chi connectivity index (χ1v) is 4.88. The monoisotopic (exact) mass is 211 g/mol. The summed E-state index contributed by atoms with van der Waals surface area (Å²) < 4.78 is 5.45. The summed E-state index contributed by atoms with van der Waals surface area (Å²) in [4.78, 5) is 14.9. The van der Waals surface area contributed by atoms with Gasteiger partial charge >= 0.3 is 0 Å². The van der Waals surface area contributed by atoms with E-state index in [2.05, 4.69) is 4.98 Å². The van der Waals surface area contributed by atoms with E-state index >= 15 is 0 Å². The molecule has 2 heterocycles. The molecule has 0 aliphatic carbocycles. The number of pyridine rings is 1. The highest BCUT2D eigenvalue weighted by atomic mass is 35.5. The molecule has 0 N–H and O–H groups in total. The van der Waals surface area contributed by atoms with Gasteiger partial charge in [0.2, 0.25) is 0 Å². The Labute approximate surface area is 87.0 Å². The summed E-state index contributed by atoms with van der Waals surface area (Å²) in [7, 11) is 0. The summed E-state index contributed by atoms with van der Waals surface area (Å²) in [6.45, 7) is 0.613. The fraction of sp³-hybridized carbons (Fsp3) is 0.400. The van der Waals surface area contributed by atoms with Gasteiger partial charge in [0.15, 0.2) is 0 Å². The van der Waals surface area contributed by atoms with Crippen LogP contribution in [0, 0.1) is 5.92 Å². The molecule has 2 unspecified atom stereocenters. The molecular formula is C10H10ClNO2. The standard InChI is InChI=1S/C10H10ClNO2/c11-9-3-1-2-8(12-9)10-7(6-13)4-5-14-10/h1-3,6-7,10H,4-5H2. The lowest BCUT2D eigenvalue weighted by atomic mass is 10.0. The molecule has 14 heavy (non-hydrogen) atoms. The van der Waals surface area contributed by atoms with Crippen LogP contribution >= 0.6 is 11.6 Å². The van der Waals surface area contributed by atoms with Crippen LogP contribution in [0.5, 0.6) is 0 Å². The predicted molar refractivity (Wildman–Crippen MR) is 52.1 cm³/mol. The summed E-state index contributed by atoms with van der Waals surface area (Å²) in [6.07, 6.45) is 1.48. The summed E-state index contributed by atoms with van der Waals surface area (Å²) in [5.41, 5.74) is 0.743. The minimum absolute atomic E-state index is 0.0824. The first-order chi connectivity index (χ1) is 6.81. The second-order valence-corrected chi connectivity index (χ2v) is 3.65. The Hall–Kier alpha value is -0.930. The van der Waals surface area contributed by atoms with Crippen LogP contribution in [0.2, 0.25) is 5.15 Å². The Morgan fingerprint density at radius 3 is 3.14 bits per heavy atom. The molecule has 2 atom stereocenters. The van der Waals surface area contributed by atoms with E-state index in [-0.39, 0.29) is 12.0 Å². The molecule has 74 valence electrons. The van der Waals surface area contributed by atoms with Gasteiger partial charge in [-0.25, -0.2) is 4.98 Å². The smallest absolute Gasteiger partial charge is 0.129 e. The van der Waals surface area contributed by atoms with Crippen molar-refractivity contribution < 1.29 is 9.53 Å². The maximum atomic E-state index is 10.7. The topological polar surface area (TPSA) is 39.2 Å². The van der Waals surface area contributed by atoms with E-state index in [1.165, 1.54) is 0 Å². The van der Waals surface area contributed by atoms with Crippen molar-refractivity contribution in [3.05, 3.63) is 29.0 Å². The molecule has 2 rings (SSSR count). The van der Waals surface area contributed by atoms with Crippen LogP contribution in [0.25, 0.3) is 0 Å². The number of hydrogen-bond donors (Lipinski definition) is 0. The van der Waals surface area contributed by atoms with Crippen molar-refractivity contribution in [3.8, 4) is 0 Å². The van der Waals surface area contributed by atoms with Crippen LogP contribution in [-0.4, -0.2) is 17.9 Å². The summed E-state index contributed by atoms with van der Waals surface area (Å²) >= 11 is 5.76. The van der Waals surface area contributed by atoms with Crippen LogP contribution in [0.1, 0.15) is 18.2 Å². The van der Waals surface area contributed by atoms with Crippen molar-refractivity contribution in [2.24, 2.45) is 5.92 Å². The van der Waals surface area contributed by atoms with E-state index < -0.39 is 0 Å². The third-order valence-electron chi connectivity index (χ3n) is 2.34. The van der Waals surface area contributed by atoms with Crippen LogP contribution in [0.3, 0.4) is 0 Å². The van der Waals surface area contributed by atoms with Gasteiger partial charge in [0.1, 0.15) is 17.5 Å². The Bertz CT molecular complexity index is 343. The maximum Gasteiger partial charge on any atom is 0.129 e. The molecule has 3 nitrogen and oxygen atoms in total. The largest absolute Gasteiger partial charge is 0.371 e. The lowest BCUT2D eigenvalue weighted by Crippen LogP contribution is -2.10. The molecule has 1 aromatic rings. The van der Waals surface area contributed by atoms with Gasteiger partial charge in [-0.2, -0.15) is 0 Å². The first kappa shape index (κ1) is 9.62. The summed E-state index contributed by atoms with van der Waals surface area (Å²) in [5, 5.41) is 0.433. The van der Waals surface area contributed by atoms with Crippen LogP contribution in [-0.2, 0) is 9.53 Å². The number of aromatic nitrogens is 1. The first-order valence-electron chi connectivity index (χ1n) is 4.50.